The summed E-state index contributed by atoms with van der Waals surface area (Å²) in [6, 6.07) is 10.4. The standard InChI is InChI=1S/C27H37F2N3O4/c1-17(2)15-31-25(34)24(19-9-7-6-8-10-19)30-16-23(33)22(32-26(35)36-27(3,4)5)13-18-11-20(28)14-21(29)12-18/h6-12,14,17,22-24,30,33H,13,15-16H2,1-5H3,(H,31,34)(H,32,35)/t22-,23+,24-/m0/s1. The van der Waals surface area contributed by atoms with E-state index in [1.807, 2.05) is 32.0 Å². The lowest BCUT2D eigenvalue weighted by Gasteiger charge is -2.28. The Morgan fingerprint density at radius 3 is 2.17 bits per heavy atom. The summed E-state index contributed by atoms with van der Waals surface area (Å²) in [5.74, 6) is -1.53. The van der Waals surface area contributed by atoms with Crippen molar-refractivity contribution in [3.05, 3.63) is 71.3 Å². The van der Waals surface area contributed by atoms with Crippen molar-refractivity contribution in [2.24, 2.45) is 5.92 Å². The topological polar surface area (TPSA) is 99.7 Å². The van der Waals surface area contributed by atoms with Gasteiger partial charge in [-0.2, -0.15) is 0 Å². The molecule has 0 heterocycles. The summed E-state index contributed by atoms with van der Waals surface area (Å²) in [6.07, 6.45) is -2.06. The lowest BCUT2D eigenvalue weighted by Crippen LogP contribution is -2.51. The van der Waals surface area contributed by atoms with Crippen LogP contribution in [-0.2, 0) is 16.0 Å². The average Bonchev–Trinajstić information content (AvgIpc) is 2.76. The first-order valence-corrected chi connectivity index (χ1v) is 12.0. The van der Waals surface area contributed by atoms with Gasteiger partial charge in [-0.25, -0.2) is 13.6 Å². The molecule has 2 aromatic carbocycles. The Balaban J connectivity index is 2.20. The Bertz CT molecular complexity index is 976. The van der Waals surface area contributed by atoms with Gasteiger partial charge in [0.15, 0.2) is 0 Å². The summed E-state index contributed by atoms with van der Waals surface area (Å²) in [5.41, 5.74) is 0.173. The second kappa shape index (κ2) is 13.3. The number of rotatable bonds is 11. The molecule has 2 amide bonds. The number of ether oxygens (including phenoxy) is 1. The largest absolute Gasteiger partial charge is 0.444 e. The fourth-order valence-electron chi connectivity index (χ4n) is 3.52. The normalized spacial score (nSPS) is 14.1. The van der Waals surface area contributed by atoms with Crippen LogP contribution in [0.15, 0.2) is 48.5 Å². The van der Waals surface area contributed by atoms with E-state index >= 15 is 0 Å². The maximum atomic E-state index is 13.8. The van der Waals surface area contributed by atoms with Gasteiger partial charge < -0.3 is 20.5 Å². The van der Waals surface area contributed by atoms with E-state index in [1.165, 1.54) is 0 Å². The molecule has 4 N–H and O–H groups in total. The maximum absolute atomic E-state index is 13.8. The van der Waals surface area contributed by atoms with E-state index in [0.29, 0.717) is 12.1 Å². The number of hydrogen-bond acceptors (Lipinski definition) is 5. The first kappa shape index (κ1) is 29.2. The molecule has 36 heavy (non-hydrogen) atoms. The van der Waals surface area contributed by atoms with Crippen LogP contribution in [0.4, 0.5) is 13.6 Å². The van der Waals surface area contributed by atoms with Gasteiger partial charge in [-0.05, 0) is 56.4 Å². The second-order valence-electron chi connectivity index (χ2n) is 10.2. The van der Waals surface area contributed by atoms with Crippen LogP contribution in [0.2, 0.25) is 0 Å². The Hall–Kier alpha value is -3.04. The highest BCUT2D eigenvalue weighted by atomic mass is 19.1. The number of benzene rings is 2. The van der Waals surface area contributed by atoms with Gasteiger partial charge >= 0.3 is 6.09 Å². The van der Waals surface area contributed by atoms with E-state index in [1.54, 1.807) is 32.9 Å². The van der Waals surface area contributed by atoms with Crippen molar-refractivity contribution in [1.82, 2.24) is 16.0 Å². The second-order valence-corrected chi connectivity index (χ2v) is 10.2. The monoisotopic (exact) mass is 505 g/mol. The molecule has 0 aliphatic heterocycles. The van der Waals surface area contributed by atoms with Crippen molar-refractivity contribution in [2.45, 2.75) is 64.8 Å². The molecule has 0 saturated carbocycles. The zero-order chi connectivity index (χ0) is 26.9. The number of alkyl carbamates (subject to hydrolysis) is 1. The molecule has 0 aromatic heterocycles. The number of amides is 2. The summed E-state index contributed by atoms with van der Waals surface area (Å²) in [5, 5.41) is 19.6. The molecular formula is C27H37F2N3O4. The van der Waals surface area contributed by atoms with E-state index in [4.69, 9.17) is 4.74 Å². The molecule has 9 heteroatoms. The summed E-state index contributed by atoms with van der Waals surface area (Å²) in [6.45, 7) is 9.45. The third kappa shape index (κ3) is 10.3. The molecule has 2 rings (SSSR count). The third-order valence-corrected chi connectivity index (χ3v) is 5.16. The van der Waals surface area contributed by atoms with Crippen LogP contribution in [0.1, 0.15) is 51.8 Å². The van der Waals surface area contributed by atoms with Crippen molar-refractivity contribution >= 4 is 12.0 Å². The van der Waals surface area contributed by atoms with Gasteiger partial charge in [0.05, 0.1) is 12.1 Å². The average molecular weight is 506 g/mol. The minimum atomic E-state index is -1.21. The third-order valence-electron chi connectivity index (χ3n) is 5.16. The van der Waals surface area contributed by atoms with Gasteiger partial charge in [0, 0.05) is 19.2 Å². The van der Waals surface area contributed by atoms with Crippen molar-refractivity contribution in [3.8, 4) is 0 Å². The quantitative estimate of drug-likeness (QED) is 0.372. The van der Waals surface area contributed by atoms with E-state index in [-0.39, 0.29) is 30.4 Å². The highest BCUT2D eigenvalue weighted by Gasteiger charge is 2.28. The summed E-state index contributed by atoms with van der Waals surface area (Å²) in [4.78, 5) is 25.3. The van der Waals surface area contributed by atoms with E-state index in [2.05, 4.69) is 16.0 Å². The smallest absolute Gasteiger partial charge is 0.407 e. The molecule has 0 spiro atoms. The van der Waals surface area contributed by atoms with Crippen LogP contribution in [0.5, 0.6) is 0 Å². The van der Waals surface area contributed by atoms with Crippen molar-refractivity contribution < 1.29 is 28.2 Å². The Morgan fingerprint density at radius 2 is 1.61 bits per heavy atom. The zero-order valence-electron chi connectivity index (χ0n) is 21.5. The van der Waals surface area contributed by atoms with Crippen LogP contribution in [0.25, 0.3) is 0 Å². The molecule has 3 atom stereocenters. The fraction of sp³-hybridized carbons (Fsp3) is 0.481. The van der Waals surface area contributed by atoms with Crippen LogP contribution >= 0.6 is 0 Å². The van der Waals surface area contributed by atoms with Gasteiger partial charge in [-0.15, -0.1) is 0 Å². The molecular weight excluding hydrogens is 468 g/mol. The Labute approximate surface area is 211 Å². The van der Waals surface area contributed by atoms with Gasteiger partial charge in [-0.1, -0.05) is 44.2 Å². The van der Waals surface area contributed by atoms with Crippen LogP contribution in [-0.4, -0.2) is 47.9 Å². The summed E-state index contributed by atoms with van der Waals surface area (Å²) >= 11 is 0. The minimum Gasteiger partial charge on any atom is -0.444 e. The van der Waals surface area contributed by atoms with Crippen LogP contribution in [0.3, 0.4) is 0 Å². The number of nitrogens with one attached hydrogen (secondary N) is 3. The lowest BCUT2D eigenvalue weighted by molar-refractivity contribution is -0.123. The number of carbonyl (C=O) groups excluding carboxylic acids is 2. The highest BCUT2D eigenvalue weighted by Crippen LogP contribution is 2.16. The van der Waals surface area contributed by atoms with Gasteiger partial charge in [0.1, 0.15) is 23.3 Å². The molecule has 0 aliphatic carbocycles. The van der Waals surface area contributed by atoms with Crippen molar-refractivity contribution in [2.75, 3.05) is 13.1 Å². The van der Waals surface area contributed by atoms with Gasteiger partial charge in [0.2, 0.25) is 5.91 Å². The minimum absolute atomic E-state index is 0.0632. The van der Waals surface area contributed by atoms with E-state index < -0.39 is 41.5 Å². The molecule has 0 aliphatic rings. The molecule has 0 bridgehead atoms. The zero-order valence-corrected chi connectivity index (χ0v) is 21.5. The molecule has 198 valence electrons. The van der Waals surface area contributed by atoms with Gasteiger partial charge in [0.25, 0.3) is 0 Å². The summed E-state index contributed by atoms with van der Waals surface area (Å²) in [7, 11) is 0. The van der Waals surface area contributed by atoms with E-state index in [9.17, 15) is 23.5 Å². The van der Waals surface area contributed by atoms with E-state index in [0.717, 1.165) is 18.2 Å². The predicted octanol–water partition coefficient (Wildman–Crippen LogP) is 3.86. The Kier molecular flexibility index (Phi) is 10.8. The number of hydrogen-bond donors (Lipinski definition) is 4. The summed E-state index contributed by atoms with van der Waals surface area (Å²) < 4.78 is 32.8. The van der Waals surface area contributed by atoms with Crippen LogP contribution < -0.4 is 16.0 Å². The molecule has 7 nitrogen and oxygen atoms in total. The lowest BCUT2D eigenvalue weighted by atomic mass is 10.00. The number of carbonyl (C=O) groups is 2. The molecule has 0 saturated heterocycles. The number of aliphatic hydroxyl groups is 1. The SMILES string of the molecule is CC(C)CNC(=O)[C@@H](NC[C@@H](O)[C@H](Cc1cc(F)cc(F)c1)NC(=O)OC(C)(C)C)c1ccccc1. The molecule has 0 radical (unpaired) electrons. The predicted molar refractivity (Wildman–Crippen MR) is 134 cm³/mol. The number of aliphatic hydroxyl groups excluding tert-OH is 1. The van der Waals surface area contributed by atoms with Gasteiger partial charge in [-0.3, -0.25) is 10.1 Å². The molecule has 0 fully saturated rings. The molecule has 0 unspecified atom stereocenters. The first-order chi connectivity index (χ1) is 16.8. The van der Waals surface area contributed by atoms with Crippen molar-refractivity contribution in [3.63, 3.8) is 0 Å². The van der Waals surface area contributed by atoms with Crippen LogP contribution in [0, 0.1) is 17.6 Å². The number of halogens is 2. The fourth-order valence-corrected chi connectivity index (χ4v) is 3.52. The first-order valence-electron chi connectivity index (χ1n) is 12.0. The highest BCUT2D eigenvalue weighted by molar-refractivity contribution is 5.83. The maximum Gasteiger partial charge on any atom is 0.407 e. The Morgan fingerprint density at radius 1 is 1.00 bits per heavy atom. The molecule has 2 aromatic rings. The van der Waals surface area contributed by atoms with Crippen molar-refractivity contribution in [1.29, 1.82) is 0 Å².